The number of hydrogen-bond acceptors (Lipinski definition) is 3. The highest BCUT2D eigenvalue weighted by molar-refractivity contribution is 9.10. The third-order valence-corrected chi connectivity index (χ3v) is 3.09. The van der Waals surface area contributed by atoms with Crippen molar-refractivity contribution in [1.29, 1.82) is 0 Å². The minimum Gasteiger partial charge on any atom is -0.448 e. The van der Waals surface area contributed by atoms with Gasteiger partial charge in [0, 0.05) is 12.7 Å². The summed E-state index contributed by atoms with van der Waals surface area (Å²) >= 11 is 3.24. The maximum atomic E-state index is 11.1. The summed E-state index contributed by atoms with van der Waals surface area (Å²) in [5, 5.41) is 4.41. The molecule has 18 heavy (non-hydrogen) atoms. The van der Waals surface area contributed by atoms with Crippen LogP contribution in [0.5, 0.6) is 0 Å². The average Bonchev–Trinajstić information content (AvgIpc) is 2.92. The molecule has 0 aliphatic carbocycles. The molecule has 0 saturated carbocycles. The van der Waals surface area contributed by atoms with Gasteiger partial charge in [-0.25, -0.2) is 0 Å². The maximum Gasteiger partial charge on any atom is 0.169 e. The lowest BCUT2D eigenvalue weighted by atomic mass is 10.1. The van der Waals surface area contributed by atoms with Crippen LogP contribution in [0.15, 0.2) is 27.4 Å². The Kier molecular flexibility index (Phi) is 4.01. The van der Waals surface area contributed by atoms with Crippen LogP contribution in [0.2, 0.25) is 0 Å². The number of hydrogen-bond donors (Lipinski definition) is 0. The number of aryl methyl sites for hydroxylation is 1. The van der Waals surface area contributed by atoms with E-state index in [0.717, 1.165) is 19.3 Å². The molecule has 0 amide bonds. The fourth-order valence-corrected chi connectivity index (χ4v) is 1.97. The van der Waals surface area contributed by atoms with E-state index < -0.39 is 0 Å². The summed E-state index contributed by atoms with van der Waals surface area (Å²) < 4.78 is 7.86. The molecule has 96 valence electrons. The minimum atomic E-state index is 0.556. The fraction of sp³-hybridized carbons (Fsp3) is 0.385. The monoisotopic (exact) mass is 310 g/mol. The standard InChI is InChI=1S/C13H15BrN2O2/c1-9(2)5-6-16-7-10(8-17)13(15-16)11-3-4-12(14)18-11/h3-4,7-9H,5-6H2,1-2H3. The molecule has 0 aromatic carbocycles. The fourth-order valence-electron chi connectivity index (χ4n) is 1.66. The summed E-state index contributed by atoms with van der Waals surface area (Å²) in [5.74, 6) is 1.21. The number of aromatic nitrogens is 2. The van der Waals surface area contributed by atoms with E-state index in [1.165, 1.54) is 0 Å². The predicted molar refractivity (Wildman–Crippen MR) is 72.5 cm³/mol. The van der Waals surface area contributed by atoms with Gasteiger partial charge in [0.1, 0.15) is 5.69 Å². The molecular formula is C13H15BrN2O2. The number of aldehydes is 1. The molecule has 2 rings (SSSR count). The van der Waals surface area contributed by atoms with Gasteiger partial charge in [0.25, 0.3) is 0 Å². The van der Waals surface area contributed by atoms with Crippen molar-refractivity contribution < 1.29 is 9.21 Å². The SMILES string of the molecule is CC(C)CCn1cc(C=O)c(-c2ccc(Br)o2)n1. The molecule has 0 spiro atoms. The highest BCUT2D eigenvalue weighted by Gasteiger charge is 2.14. The van der Waals surface area contributed by atoms with E-state index in [1.54, 1.807) is 23.0 Å². The van der Waals surface area contributed by atoms with Crippen molar-refractivity contribution in [3.05, 3.63) is 28.6 Å². The summed E-state index contributed by atoms with van der Waals surface area (Å²) in [6.07, 6.45) is 3.60. The van der Waals surface area contributed by atoms with Crippen molar-refractivity contribution in [1.82, 2.24) is 9.78 Å². The normalized spacial score (nSPS) is 11.1. The van der Waals surface area contributed by atoms with E-state index in [-0.39, 0.29) is 0 Å². The zero-order valence-corrected chi connectivity index (χ0v) is 12.0. The molecule has 0 bridgehead atoms. The molecule has 0 aliphatic heterocycles. The molecule has 2 aromatic heterocycles. The molecular weight excluding hydrogens is 296 g/mol. The van der Waals surface area contributed by atoms with Gasteiger partial charge in [0.05, 0.1) is 5.56 Å². The molecule has 2 heterocycles. The van der Waals surface area contributed by atoms with Gasteiger partial charge in [-0.05, 0) is 40.4 Å². The minimum absolute atomic E-state index is 0.556. The van der Waals surface area contributed by atoms with Crippen LogP contribution in [0.25, 0.3) is 11.5 Å². The molecule has 0 unspecified atom stereocenters. The van der Waals surface area contributed by atoms with E-state index in [1.807, 2.05) is 0 Å². The number of carbonyl (C=O) groups excluding carboxylic acids is 1. The molecule has 2 aromatic rings. The highest BCUT2D eigenvalue weighted by atomic mass is 79.9. The van der Waals surface area contributed by atoms with Gasteiger partial charge in [0.2, 0.25) is 0 Å². The van der Waals surface area contributed by atoms with Gasteiger partial charge in [-0.2, -0.15) is 5.10 Å². The Bertz CT molecular complexity index is 543. The van der Waals surface area contributed by atoms with Crippen molar-refractivity contribution in [2.24, 2.45) is 5.92 Å². The lowest BCUT2D eigenvalue weighted by molar-refractivity contribution is 0.112. The molecule has 4 nitrogen and oxygen atoms in total. The van der Waals surface area contributed by atoms with Crippen LogP contribution in [0.4, 0.5) is 0 Å². The zero-order valence-electron chi connectivity index (χ0n) is 10.4. The van der Waals surface area contributed by atoms with Crippen molar-refractivity contribution in [3.63, 3.8) is 0 Å². The molecule has 0 fully saturated rings. The Labute approximate surface area is 114 Å². The van der Waals surface area contributed by atoms with Crippen LogP contribution in [0, 0.1) is 5.92 Å². The molecule has 5 heteroatoms. The van der Waals surface area contributed by atoms with Crippen LogP contribution in [-0.4, -0.2) is 16.1 Å². The van der Waals surface area contributed by atoms with E-state index >= 15 is 0 Å². The lowest BCUT2D eigenvalue weighted by Gasteiger charge is -2.03. The summed E-state index contributed by atoms with van der Waals surface area (Å²) in [7, 11) is 0. The molecule has 0 saturated heterocycles. The van der Waals surface area contributed by atoms with Gasteiger partial charge in [0.15, 0.2) is 16.7 Å². The number of rotatable bonds is 5. The number of carbonyl (C=O) groups is 1. The first-order valence-corrected chi connectivity index (χ1v) is 6.67. The topological polar surface area (TPSA) is 48.0 Å². The third kappa shape index (κ3) is 2.90. The van der Waals surface area contributed by atoms with Crippen LogP contribution in [0.1, 0.15) is 30.6 Å². The quantitative estimate of drug-likeness (QED) is 0.790. The van der Waals surface area contributed by atoms with Crippen molar-refractivity contribution in [2.75, 3.05) is 0 Å². The van der Waals surface area contributed by atoms with Gasteiger partial charge in [-0.15, -0.1) is 0 Å². The smallest absolute Gasteiger partial charge is 0.169 e. The first kappa shape index (κ1) is 13.1. The predicted octanol–water partition coefficient (Wildman–Crippen LogP) is 3.76. The van der Waals surface area contributed by atoms with Crippen molar-refractivity contribution >= 4 is 22.2 Å². The molecule has 0 N–H and O–H groups in total. The highest BCUT2D eigenvalue weighted by Crippen LogP contribution is 2.26. The van der Waals surface area contributed by atoms with Crippen LogP contribution >= 0.6 is 15.9 Å². The van der Waals surface area contributed by atoms with Crippen LogP contribution in [-0.2, 0) is 6.54 Å². The second-order valence-electron chi connectivity index (χ2n) is 4.60. The van der Waals surface area contributed by atoms with E-state index in [9.17, 15) is 4.79 Å². The molecule has 0 radical (unpaired) electrons. The zero-order chi connectivity index (χ0) is 13.1. The third-order valence-electron chi connectivity index (χ3n) is 2.66. The number of furan rings is 1. The Morgan fingerprint density at radius 1 is 1.50 bits per heavy atom. The first-order chi connectivity index (χ1) is 8.60. The Balaban J connectivity index is 2.27. The summed E-state index contributed by atoms with van der Waals surface area (Å²) in [4.78, 5) is 11.1. The number of halogens is 1. The van der Waals surface area contributed by atoms with Crippen molar-refractivity contribution in [2.45, 2.75) is 26.8 Å². The van der Waals surface area contributed by atoms with E-state index in [2.05, 4.69) is 34.9 Å². The lowest BCUT2D eigenvalue weighted by Crippen LogP contribution is -2.01. The van der Waals surface area contributed by atoms with Gasteiger partial charge >= 0.3 is 0 Å². The van der Waals surface area contributed by atoms with Gasteiger partial charge in [-0.1, -0.05) is 13.8 Å². The van der Waals surface area contributed by atoms with E-state index in [4.69, 9.17) is 4.42 Å². The summed E-state index contributed by atoms with van der Waals surface area (Å²) in [6, 6.07) is 3.59. The second kappa shape index (κ2) is 5.52. The van der Waals surface area contributed by atoms with Crippen LogP contribution < -0.4 is 0 Å². The molecule has 0 atom stereocenters. The van der Waals surface area contributed by atoms with E-state index in [0.29, 0.717) is 27.6 Å². The Hall–Kier alpha value is -1.36. The maximum absolute atomic E-state index is 11.1. The molecule has 0 aliphatic rings. The Morgan fingerprint density at radius 2 is 2.28 bits per heavy atom. The average molecular weight is 311 g/mol. The Morgan fingerprint density at radius 3 is 2.83 bits per heavy atom. The van der Waals surface area contributed by atoms with Gasteiger partial charge in [-0.3, -0.25) is 9.48 Å². The summed E-state index contributed by atoms with van der Waals surface area (Å²) in [6.45, 7) is 5.13. The second-order valence-corrected chi connectivity index (χ2v) is 5.38. The summed E-state index contributed by atoms with van der Waals surface area (Å²) in [5.41, 5.74) is 1.15. The van der Waals surface area contributed by atoms with Crippen LogP contribution in [0.3, 0.4) is 0 Å². The number of nitrogens with zero attached hydrogens (tertiary/aromatic N) is 2. The van der Waals surface area contributed by atoms with Gasteiger partial charge < -0.3 is 4.42 Å². The largest absolute Gasteiger partial charge is 0.448 e. The first-order valence-electron chi connectivity index (χ1n) is 5.88. The van der Waals surface area contributed by atoms with Crippen molar-refractivity contribution in [3.8, 4) is 11.5 Å².